The number of rotatable bonds is 3. The number of hydrogen-bond acceptors (Lipinski definition) is 3. The maximum atomic E-state index is 12.1. The van der Waals surface area contributed by atoms with Crippen molar-refractivity contribution >= 4 is 33.2 Å². The second kappa shape index (κ2) is 4.74. The summed E-state index contributed by atoms with van der Waals surface area (Å²) >= 11 is 11.7. The van der Waals surface area contributed by atoms with Gasteiger partial charge in [0.25, 0.3) is 0 Å². The van der Waals surface area contributed by atoms with E-state index < -0.39 is 10.0 Å². The molecule has 1 fully saturated rings. The zero-order valence-corrected chi connectivity index (χ0v) is 11.2. The predicted octanol–water partition coefficient (Wildman–Crippen LogP) is 1.76. The molecule has 2 rings (SSSR count). The third-order valence-corrected chi connectivity index (χ3v) is 5.16. The summed E-state index contributed by atoms with van der Waals surface area (Å²) in [6.45, 7) is 0. The van der Waals surface area contributed by atoms with Crippen LogP contribution >= 0.6 is 23.2 Å². The Balaban J connectivity index is 2.26. The van der Waals surface area contributed by atoms with E-state index in [1.54, 1.807) is 6.07 Å². The van der Waals surface area contributed by atoms with Crippen LogP contribution in [0.1, 0.15) is 12.8 Å². The number of sulfonamides is 1. The molecule has 7 heteroatoms. The van der Waals surface area contributed by atoms with Gasteiger partial charge in [-0.05, 0) is 25.0 Å². The summed E-state index contributed by atoms with van der Waals surface area (Å²) in [5, 5.41) is 0.238. The molecule has 1 aromatic carbocycles. The molecular weight excluding hydrogens is 283 g/mol. The van der Waals surface area contributed by atoms with Gasteiger partial charge in [-0.3, -0.25) is 0 Å². The van der Waals surface area contributed by atoms with Gasteiger partial charge in [0, 0.05) is 12.1 Å². The lowest BCUT2D eigenvalue weighted by atomic mass is 9.89. The maximum absolute atomic E-state index is 12.1. The minimum Gasteiger partial charge on any atom is -0.328 e. The molecule has 0 heterocycles. The van der Waals surface area contributed by atoms with Crippen molar-refractivity contribution in [1.82, 2.24) is 4.72 Å². The molecule has 1 aromatic rings. The molecule has 0 unspecified atom stereocenters. The second-order valence-electron chi connectivity index (χ2n) is 4.10. The third kappa shape index (κ3) is 2.74. The minimum absolute atomic E-state index is 0.0659. The highest BCUT2D eigenvalue weighted by molar-refractivity contribution is 7.89. The zero-order valence-electron chi connectivity index (χ0n) is 8.86. The van der Waals surface area contributed by atoms with Crippen molar-refractivity contribution in [2.24, 2.45) is 5.73 Å². The first-order chi connectivity index (χ1) is 7.90. The van der Waals surface area contributed by atoms with Crippen molar-refractivity contribution in [3.05, 3.63) is 28.2 Å². The predicted molar refractivity (Wildman–Crippen MR) is 67.8 cm³/mol. The summed E-state index contributed by atoms with van der Waals surface area (Å²) in [4.78, 5) is -0.0659. The summed E-state index contributed by atoms with van der Waals surface area (Å²) in [5.41, 5.74) is 5.60. The van der Waals surface area contributed by atoms with Crippen molar-refractivity contribution in [1.29, 1.82) is 0 Å². The smallest absolute Gasteiger partial charge is 0.243 e. The number of nitrogens with one attached hydrogen (secondary N) is 1. The summed E-state index contributed by atoms with van der Waals surface area (Å²) in [6.07, 6.45) is 1.28. The Labute approximate surface area is 110 Å². The van der Waals surface area contributed by atoms with E-state index in [0.717, 1.165) is 0 Å². The zero-order chi connectivity index (χ0) is 12.6. The van der Waals surface area contributed by atoms with E-state index in [4.69, 9.17) is 28.9 Å². The van der Waals surface area contributed by atoms with Gasteiger partial charge in [-0.25, -0.2) is 13.1 Å². The number of halogens is 2. The van der Waals surface area contributed by atoms with Crippen LogP contribution in [0, 0.1) is 0 Å². The van der Waals surface area contributed by atoms with Crippen LogP contribution in [0.2, 0.25) is 10.0 Å². The Kier molecular flexibility index (Phi) is 3.66. The highest BCUT2D eigenvalue weighted by atomic mass is 35.5. The van der Waals surface area contributed by atoms with E-state index in [-0.39, 0.29) is 27.0 Å². The molecule has 0 atom stereocenters. The highest BCUT2D eigenvalue weighted by Crippen LogP contribution is 2.30. The first-order valence-electron chi connectivity index (χ1n) is 5.12. The molecular formula is C10H12Cl2N2O2S. The molecule has 1 aliphatic rings. The third-order valence-electron chi connectivity index (χ3n) is 2.68. The summed E-state index contributed by atoms with van der Waals surface area (Å²) in [7, 11) is -3.67. The molecule has 4 nitrogen and oxygen atoms in total. The lowest BCUT2D eigenvalue weighted by Gasteiger charge is -2.32. The Hall–Kier alpha value is -0.330. The number of nitrogens with two attached hydrogens (primary N) is 1. The molecule has 0 bridgehead atoms. The second-order valence-corrected chi connectivity index (χ2v) is 6.57. The van der Waals surface area contributed by atoms with Crippen LogP contribution in [0.5, 0.6) is 0 Å². The number of benzene rings is 1. The normalized spacial score (nSPS) is 24.4. The van der Waals surface area contributed by atoms with E-state index in [1.807, 2.05) is 0 Å². The van der Waals surface area contributed by atoms with Crippen LogP contribution in [-0.2, 0) is 10.0 Å². The van der Waals surface area contributed by atoms with Crippen molar-refractivity contribution in [2.75, 3.05) is 0 Å². The molecule has 1 aliphatic carbocycles. The fourth-order valence-corrected chi connectivity index (χ4v) is 4.18. The molecule has 3 N–H and O–H groups in total. The standard InChI is InChI=1S/C10H12Cl2N2O2S/c11-8-2-1-3-9(12)10(8)17(15,16)14-7-4-6(13)5-7/h1-3,6-7,14H,4-5,13H2. The van der Waals surface area contributed by atoms with Crippen LogP contribution < -0.4 is 10.5 Å². The van der Waals surface area contributed by atoms with Gasteiger partial charge in [-0.15, -0.1) is 0 Å². The van der Waals surface area contributed by atoms with Gasteiger partial charge in [0.05, 0.1) is 10.0 Å². The Morgan fingerprint density at radius 1 is 1.24 bits per heavy atom. The summed E-state index contributed by atoms with van der Waals surface area (Å²) < 4.78 is 26.7. The molecule has 94 valence electrons. The Morgan fingerprint density at radius 3 is 2.24 bits per heavy atom. The average molecular weight is 295 g/mol. The fraction of sp³-hybridized carbons (Fsp3) is 0.400. The van der Waals surface area contributed by atoms with Crippen LogP contribution in [0.25, 0.3) is 0 Å². The lowest BCUT2D eigenvalue weighted by molar-refractivity contribution is 0.327. The van der Waals surface area contributed by atoms with E-state index >= 15 is 0 Å². The largest absolute Gasteiger partial charge is 0.328 e. The minimum atomic E-state index is -3.67. The molecule has 0 saturated heterocycles. The monoisotopic (exact) mass is 294 g/mol. The summed E-state index contributed by atoms with van der Waals surface area (Å²) in [5.74, 6) is 0. The van der Waals surface area contributed by atoms with Crippen LogP contribution in [0.3, 0.4) is 0 Å². The molecule has 0 spiro atoms. The molecule has 0 radical (unpaired) electrons. The van der Waals surface area contributed by atoms with E-state index in [0.29, 0.717) is 12.8 Å². The van der Waals surface area contributed by atoms with Gasteiger partial charge in [0.1, 0.15) is 4.90 Å². The summed E-state index contributed by atoms with van der Waals surface area (Å²) in [6, 6.07) is 4.54. The fourth-order valence-electron chi connectivity index (χ4n) is 1.78. The van der Waals surface area contributed by atoms with Crippen LogP contribution in [-0.4, -0.2) is 20.5 Å². The van der Waals surface area contributed by atoms with Gasteiger partial charge >= 0.3 is 0 Å². The topological polar surface area (TPSA) is 72.2 Å². The molecule has 1 saturated carbocycles. The number of hydrogen-bond donors (Lipinski definition) is 2. The molecule has 0 aromatic heterocycles. The van der Waals surface area contributed by atoms with Crippen molar-refractivity contribution in [3.8, 4) is 0 Å². The van der Waals surface area contributed by atoms with Crippen molar-refractivity contribution in [2.45, 2.75) is 29.8 Å². The lowest BCUT2D eigenvalue weighted by Crippen LogP contribution is -2.50. The van der Waals surface area contributed by atoms with Crippen LogP contribution in [0.15, 0.2) is 23.1 Å². The Bertz CT molecular complexity index is 507. The first-order valence-corrected chi connectivity index (χ1v) is 7.36. The van der Waals surface area contributed by atoms with E-state index in [2.05, 4.69) is 4.72 Å². The molecule has 17 heavy (non-hydrogen) atoms. The van der Waals surface area contributed by atoms with Crippen molar-refractivity contribution in [3.63, 3.8) is 0 Å². The first kappa shape index (κ1) is 13.1. The van der Waals surface area contributed by atoms with E-state index in [1.165, 1.54) is 12.1 Å². The van der Waals surface area contributed by atoms with E-state index in [9.17, 15) is 8.42 Å². The highest BCUT2D eigenvalue weighted by Gasteiger charge is 2.32. The average Bonchev–Trinajstić information content (AvgIpc) is 2.14. The van der Waals surface area contributed by atoms with Crippen molar-refractivity contribution < 1.29 is 8.42 Å². The van der Waals surface area contributed by atoms with Crippen LogP contribution in [0.4, 0.5) is 0 Å². The van der Waals surface area contributed by atoms with Gasteiger partial charge in [0.2, 0.25) is 10.0 Å². The molecule has 0 amide bonds. The quantitative estimate of drug-likeness (QED) is 0.892. The maximum Gasteiger partial charge on any atom is 0.243 e. The van der Waals surface area contributed by atoms with Gasteiger partial charge in [-0.1, -0.05) is 29.3 Å². The van der Waals surface area contributed by atoms with Gasteiger partial charge in [0.15, 0.2) is 0 Å². The van der Waals surface area contributed by atoms with Gasteiger partial charge in [-0.2, -0.15) is 0 Å². The molecule has 0 aliphatic heterocycles. The Morgan fingerprint density at radius 2 is 1.76 bits per heavy atom. The van der Waals surface area contributed by atoms with Gasteiger partial charge < -0.3 is 5.73 Å². The SMILES string of the molecule is NC1CC(NS(=O)(=O)c2c(Cl)cccc2Cl)C1.